The first-order valence-corrected chi connectivity index (χ1v) is 6.75. The number of hydrogen-bond donors (Lipinski definition) is 1. The maximum absolute atomic E-state index is 6.12. The van der Waals surface area contributed by atoms with Crippen molar-refractivity contribution in [2.24, 2.45) is 0 Å². The quantitative estimate of drug-likeness (QED) is 0.839. The summed E-state index contributed by atoms with van der Waals surface area (Å²) in [5, 5.41) is 3.99. The average Bonchev–Trinajstić information content (AvgIpc) is 2.29. The zero-order valence-electron chi connectivity index (χ0n) is 9.76. The van der Waals surface area contributed by atoms with E-state index in [1.807, 2.05) is 26.0 Å². The van der Waals surface area contributed by atoms with Crippen molar-refractivity contribution in [1.29, 1.82) is 0 Å². The fourth-order valence-corrected chi connectivity index (χ4v) is 2.31. The third-order valence-corrected chi connectivity index (χ3v) is 3.52. The van der Waals surface area contributed by atoms with Crippen LogP contribution in [-0.2, 0) is 0 Å². The molecule has 0 spiro atoms. The zero-order chi connectivity index (χ0) is 13.3. The Morgan fingerprint density at radius 2 is 1.78 bits per heavy atom. The van der Waals surface area contributed by atoms with E-state index in [9.17, 15) is 0 Å². The SMILES string of the molecule is Cc1nc(Cl)c(Nc2ccc(Br)cc2Cl)nc1C. The van der Waals surface area contributed by atoms with E-state index in [2.05, 4.69) is 31.2 Å². The van der Waals surface area contributed by atoms with E-state index in [0.717, 1.165) is 21.5 Å². The molecule has 1 heterocycles. The van der Waals surface area contributed by atoms with Crippen LogP contribution in [0.15, 0.2) is 22.7 Å². The molecule has 0 fully saturated rings. The van der Waals surface area contributed by atoms with Crippen LogP contribution in [0.4, 0.5) is 11.5 Å². The molecule has 0 saturated carbocycles. The molecular formula is C12H10BrCl2N3. The van der Waals surface area contributed by atoms with Gasteiger partial charge in [0.2, 0.25) is 0 Å². The summed E-state index contributed by atoms with van der Waals surface area (Å²) in [4.78, 5) is 8.56. The molecule has 1 aromatic carbocycles. The number of aryl methyl sites for hydroxylation is 2. The molecule has 0 amide bonds. The number of halogens is 3. The minimum atomic E-state index is 0.331. The van der Waals surface area contributed by atoms with Crippen LogP contribution in [0, 0.1) is 13.8 Å². The van der Waals surface area contributed by atoms with E-state index < -0.39 is 0 Å². The topological polar surface area (TPSA) is 37.8 Å². The van der Waals surface area contributed by atoms with Crippen molar-refractivity contribution in [3.05, 3.63) is 44.2 Å². The molecular weight excluding hydrogens is 337 g/mol. The van der Waals surface area contributed by atoms with Crippen LogP contribution in [0.25, 0.3) is 0 Å². The number of nitrogens with zero attached hydrogens (tertiary/aromatic N) is 2. The number of benzene rings is 1. The number of nitrogens with one attached hydrogen (secondary N) is 1. The van der Waals surface area contributed by atoms with Crippen molar-refractivity contribution >= 4 is 50.6 Å². The Balaban J connectivity index is 2.37. The molecule has 1 aromatic heterocycles. The zero-order valence-corrected chi connectivity index (χ0v) is 12.9. The highest BCUT2D eigenvalue weighted by Crippen LogP contribution is 2.30. The Labute approximate surface area is 124 Å². The lowest BCUT2D eigenvalue weighted by Crippen LogP contribution is -2.01. The minimum Gasteiger partial charge on any atom is -0.336 e. The van der Waals surface area contributed by atoms with Gasteiger partial charge in [-0.05, 0) is 32.0 Å². The normalized spacial score (nSPS) is 10.5. The molecule has 94 valence electrons. The maximum Gasteiger partial charge on any atom is 0.172 e. The smallest absolute Gasteiger partial charge is 0.172 e. The standard InChI is InChI=1S/C12H10BrCl2N3/c1-6-7(2)17-12(11(15)16-6)18-10-4-3-8(13)5-9(10)14/h3-5H,1-2H3,(H,17,18). The molecule has 0 bridgehead atoms. The molecule has 0 saturated heterocycles. The number of anilines is 2. The van der Waals surface area contributed by atoms with Gasteiger partial charge in [-0.3, -0.25) is 0 Å². The van der Waals surface area contributed by atoms with Gasteiger partial charge in [-0.2, -0.15) is 0 Å². The van der Waals surface area contributed by atoms with Crippen molar-refractivity contribution in [3.8, 4) is 0 Å². The Hall–Kier alpha value is -0.840. The van der Waals surface area contributed by atoms with Gasteiger partial charge in [-0.1, -0.05) is 39.1 Å². The number of hydrogen-bond acceptors (Lipinski definition) is 3. The van der Waals surface area contributed by atoms with E-state index in [1.54, 1.807) is 6.07 Å². The lowest BCUT2D eigenvalue weighted by molar-refractivity contribution is 1.05. The molecule has 2 rings (SSSR count). The van der Waals surface area contributed by atoms with Crippen molar-refractivity contribution in [3.63, 3.8) is 0 Å². The first-order valence-electron chi connectivity index (χ1n) is 5.20. The summed E-state index contributed by atoms with van der Waals surface area (Å²) in [5.41, 5.74) is 2.38. The van der Waals surface area contributed by atoms with E-state index in [1.165, 1.54) is 0 Å². The Morgan fingerprint density at radius 3 is 2.44 bits per heavy atom. The van der Waals surface area contributed by atoms with Gasteiger partial charge in [0, 0.05) is 4.47 Å². The third kappa shape index (κ3) is 2.94. The summed E-state index contributed by atoms with van der Waals surface area (Å²) in [6, 6.07) is 5.53. The van der Waals surface area contributed by atoms with Crippen LogP contribution < -0.4 is 5.32 Å². The second kappa shape index (κ2) is 5.43. The van der Waals surface area contributed by atoms with Crippen LogP contribution in [0.2, 0.25) is 10.2 Å². The molecule has 2 aromatic rings. The first-order chi connectivity index (χ1) is 8.47. The molecule has 3 nitrogen and oxygen atoms in total. The lowest BCUT2D eigenvalue weighted by Gasteiger charge is -2.10. The lowest BCUT2D eigenvalue weighted by atomic mass is 10.3. The average molecular weight is 347 g/mol. The van der Waals surface area contributed by atoms with Gasteiger partial charge < -0.3 is 5.32 Å². The first kappa shape index (κ1) is 13.6. The Kier molecular flexibility index (Phi) is 4.10. The molecule has 1 N–H and O–H groups in total. The molecule has 0 aliphatic rings. The minimum absolute atomic E-state index is 0.331. The van der Waals surface area contributed by atoms with Gasteiger partial charge in [0.1, 0.15) is 0 Å². The van der Waals surface area contributed by atoms with Crippen LogP contribution in [0.5, 0.6) is 0 Å². The summed E-state index contributed by atoms with van der Waals surface area (Å²) in [6.45, 7) is 3.75. The number of aromatic nitrogens is 2. The highest BCUT2D eigenvalue weighted by Gasteiger charge is 2.09. The highest BCUT2D eigenvalue weighted by atomic mass is 79.9. The number of rotatable bonds is 2. The fraction of sp³-hybridized carbons (Fsp3) is 0.167. The molecule has 0 atom stereocenters. The van der Waals surface area contributed by atoms with Gasteiger partial charge >= 0.3 is 0 Å². The van der Waals surface area contributed by atoms with Crippen molar-refractivity contribution in [2.45, 2.75) is 13.8 Å². The van der Waals surface area contributed by atoms with E-state index >= 15 is 0 Å². The third-order valence-electron chi connectivity index (χ3n) is 2.45. The molecule has 0 unspecified atom stereocenters. The summed E-state index contributed by atoms with van der Waals surface area (Å²) < 4.78 is 0.912. The van der Waals surface area contributed by atoms with Gasteiger partial charge in [-0.25, -0.2) is 9.97 Å². The largest absolute Gasteiger partial charge is 0.336 e. The summed E-state index contributed by atoms with van der Waals surface area (Å²) in [6.07, 6.45) is 0. The second-order valence-electron chi connectivity index (χ2n) is 3.78. The summed E-state index contributed by atoms with van der Waals surface area (Å²) in [7, 11) is 0. The van der Waals surface area contributed by atoms with Crippen molar-refractivity contribution in [1.82, 2.24) is 9.97 Å². The second-order valence-corrected chi connectivity index (χ2v) is 5.46. The molecule has 0 aliphatic carbocycles. The summed E-state index contributed by atoms with van der Waals surface area (Å²) >= 11 is 15.5. The summed E-state index contributed by atoms with van der Waals surface area (Å²) in [5.74, 6) is 0.504. The van der Waals surface area contributed by atoms with E-state index in [0.29, 0.717) is 16.0 Å². The van der Waals surface area contributed by atoms with Gasteiger partial charge in [-0.15, -0.1) is 0 Å². The van der Waals surface area contributed by atoms with E-state index in [-0.39, 0.29) is 0 Å². The Bertz CT molecular complexity index is 602. The fourth-order valence-electron chi connectivity index (χ4n) is 1.37. The molecule has 0 radical (unpaired) electrons. The van der Waals surface area contributed by atoms with Crippen molar-refractivity contribution in [2.75, 3.05) is 5.32 Å². The molecule has 6 heteroatoms. The van der Waals surface area contributed by atoms with Crippen LogP contribution in [-0.4, -0.2) is 9.97 Å². The van der Waals surface area contributed by atoms with Gasteiger partial charge in [0.25, 0.3) is 0 Å². The van der Waals surface area contributed by atoms with Crippen LogP contribution in [0.3, 0.4) is 0 Å². The maximum atomic E-state index is 6.12. The van der Waals surface area contributed by atoms with Gasteiger partial charge in [0.15, 0.2) is 11.0 Å². The monoisotopic (exact) mass is 345 g/mol. The molecule has 0 aliphatic heterocycles. The predicted molar refractivity (Wildman–Crippen MR) is 79.0 cm³/mol. The van der Waals surface area contributed by atoms with Crippen LogP contribution >= 0.6 is 39.1 Å². The van der Waals surface area contributed by atoms with E-state index in [4.69, 9.17) is 23.2 Å². The Morgan fingerprint density at radius 1 is 1.11 bits per heavy atom. The predicted octanol–water partition coefficient (Wildman–Crippen LogP) is 4.91. The van der Waals surface area contributed by atoms with Gasteiger partial charge in [0.05, 0.1) is 22.1 Å². The highest BCUT2D eigenvalue weighted by molar-refractivity contribution is 9.10. The molecule has 18 heavy (non-hydrogen) atoms. The van der Waals surface area contributed by atoms with Crippen LogP contribution in [0.1, 0.15) is 11.4 Å². The van der Waals surface area contributed by atoms with Crippen molar-refractivity contribution < 1.29 is 0 Å².